The summed E-state index contributed by atoms with van der Waals surface area (Å²) in [6.45, 7) is 2.89. The molecule has 136 valence electrons. The molecule has 0 saturated heterocycles. The molecule has 0 spiro atoms. The summed E-state index contributed by atoms with van der Waals surface area (Å²) < 4.78 is 10.9. The van der Waals surface area contributed by atoms with Gasteiger partial charge in [-0.05, 0) is 41.5 Å². The highest BCUT2D eigenvalue weighted by Crippen LogP contribution is 2.20. The Bertz CT molecular complexity index is 1050. The van der Waals surface area contributed by atoms with Crippen molar-refractivity contribution in [1.29, 1.82) is 0 Å². The Kier molecular flexibility index (Phi) is 4.70. The van der Waals surface area contributed by atoms with Crippen LogP contribution in [-0.4, -0.2) is 27.5 Å². The van der Waals surface area contributed by atoms with E-state index in [2.05, 4.69) is 10.2 Å². The zero-order chi connectivity index (χ0) is 18.6. The standard InChI is InChI=1S/C21H19N3O3/c1-2-11-24(14-19-22-23-20(27-19)18-8-5-12-26-18)21(25)17-10-9-15-6-3-4-7-16(15)13-17/h3-10,12-13H,2,11,14H2,1H3. The van der Waals surface area contributed by atoms with E-state index in [1.54, 1.807) is 23.3 Å². The molecule has 6 heteroatoms. The summed E-state index contributed by atoms with van der Waals surface area (Å²) in [5, 5.41) is 10.2. The molecule has 27 heavy (non-hydrogen) atoms. The van der Waals surface area contributed by atoms with Crippen LogP contribution in [0.15, 0.2) is 69.7 Å². The second-order valence-corrected chi connectivity index (χ2v) is 6.27. The predicted molar refractivity (Wildman–Crippen MR) is 101 cm³/mol. The van der Waals surface area contributed by atoms with Crippen LogP contribution in [-0.2, 0) is 6.54 Å². The fourth-order valence-corrected chi connectivity index (χ4v) is 3.01. The van der Waals surface area contributed by atoms with Crippen LogP contribution in [0.3, 0.4) is 0 Å². The molecular formula is C21H19N3O3. The zero-order valence-corrected chi connectivity index (χ0v) is 15.0. The third-order valence-electron chi connectivity index (χ3n) is 4.30. The van der Waals surface area contributed by atoms with Gasteiger partial charge in [0.1, 0.15) is 0 Å². The molecule has 1 amide bonds. The van der Waals surface area contributed by atoms with Crippen molar-refractivity contribution < 1.29 is 13.6 Å². The third-order valence-corrected chi connectivity index (χ3v) is 4.30. The average Bonchev–Trinajstić information content (AvgIpc) is 3.38. The molecule has 0 N–H and O–H groups in total. The van der Waals surface area contributed by atoms with Gasteiger partial charge in [-0.3, -0.25) is 4.79 Å². The van der Waals surface area contributed by atoms with E-state index >= 15 is 0 Å². The van der Waals surface area contributed by atoms with E-state index in [1.807, 2.05) is 49.4 Å². The highest BCUT2D eigenvalue weighted by atomic mass is 16.4. The van der Waals surface area contributed by atoms with Gasteiger partial charge in [-0.15, -0.1) is 10.2 Å². The molecule has 0 unspecified atom stereocenters. The molecule has 0 aliphatic carbocycles. The Morgan fingerprint density at radius 1 is 1.04 bits per heavy atom. The van der Waals surface area contributed by atoms with Crippen molar-refractivity contribution in [2.75, 3.05) is 6.54 Å². The van der Waals surface area contributed by atoms with Crippen LogP contribution >= 0.6 is 0 Å². The van der Waals surface area contributed by atoms with E-state index in [9.17, 15) is 4.79 Å². The van der Waals surface area contributed by atoms with Gasteiger partial charge in [0.05, 0.1) is 12.8 Å². The molecule has 6 nitrogen and oxygen atoms in total. The predicted octanol–water partition coefficient (Wildman–Crippen LogP) is 4.54. The average molecular weight is 361 g/mol. The van der Waals surface area contributed by atoms with Crippen molar-refractivity contribution in [1.82, 2.24) is 15.1 Å². The Labute approximate surface area is 156 Å². The van der Waals surface area contributed by atoms with E-state index in [4.69, 9.17) is 8.83 Å². The number of rotatable bonds is 6. The largest absolute Gasteiger partial charge is 0.459 e. The van der Waals surface area contributed by atoms with Crippen LogP contribution in [0, 0.1) is 0 Å². The minimum Gasteiger partial charge on any atom is -0.459 e. The number of hydrogen-bond acceptors (Lipinski definition) is 5. The van der Waals surface area contributed by atoms with Gasteiger partial charge in [0.15, 0.2) is 5.76 Å². The number of furan rings is 1. The first-order valence-corrected chi connectivity index (χ1v) is 8.89. The fourth-order valence-electron chi connectivity index (χ4n) is 3.01. The van der Waals surface area contributed by atoms with E-state index in [1.165, 1.54) is 0 Å². The molecule has 0 bridgehead atoms. The first-order valence-electron chi connectivity index (χ1n) is 8.89. The highest BCUT2D eigenvalue weighted by Gasteiger charge is 2.19. The lowest BCUT2D eigenvalue weighted by atomic mass is 10.1. The molecule has 0 aliphatic heterocycles. The fraction of sp³-hybridized carbons (Fsp3) is 0.190. The molecule has 2 heterocycles. The summed E-state index contributed by atoms with van der Waals surface area (Å²) in [4.78, 5) is 14.8. The van der Waals surface area contributed by atoms with Gasteiger partial charge in [-0.1, -0.05) is 37.3 Å². The van der Waals surface area contributed by atoms with Gasteiger partial charge >= 0.3 is 0 Å². The Hall–Kier alpha value is -3.41. The lowest BCUT2D eigenvalue weighted by Crippen LogP contribution is -2.31. The normalized spacial score (nSPS) is 11.0. The summed E-state index contributed by atoms with van der Waals surface area (Å²) in [5.74, 6) is 1.14. The first-order chi connectivity index (χ1) is 13.2. The Morgan fingerprint density at radius 3 is 2.67 bits per heavy atom. The minimum absolute atomic E-state index is 0.0552. The van der Waals surface area contributed by atoms with Crippen molar-refractivity contribution in [3.05, 3.63) is 72.3 Å². The molecule has 0 saturated carbocycles. The van der Waals surface area contributed by atoms with Crippen LogP contribution in [0.2, 0.25) is 0 Å². The number of aromatic nitrogens is 2. The topological polar surface area (TPSA) is 72.4 Å². The van der Waals surface area contributed by atoms with E-state index in [-0.39, 0.29) is 12.5 Å². The second-order valence-electron chi connectivity index (χ2n) is 6.27. The van der Waals surface area contributed by atoms with Gasteiger partial charge < -0.3 is 13.7 Å². The number of fused-ring (bicyclic) bond motifs is 1. The summed E-state index contributed by atoms with van der Waals surface area (Å²) in [7, 11) is 0. The van der Waals surface area contributed by atoms with Crippen LogP contribution in [0.4, 0.5) is 0 Å². The lowest BCUT2D eigenvalue weighted by Gasteiger charge is -2.20. The van der Waals surface area contributed by atoms with Crippen molar-refractivity contribution >= 4 is 16.7 Å². The second kappa shape index (κ2) is 7.45. The summed E-state index contributed by atoms with van der Waals surface area (Å²) >= 11 is 0. The van der Waals surface area contributed by atoms with Gasteiger partial charge in [0, 0.05) is 12.1 Å². The van der Waals surface area contributed by atoms with Crippen molar-refractivity contribution in [2.45, 2.75) is 19.9 Å². The molecule has 0 aliphatic rings. The number of nitrogens with zero attached hydrogens (tertiary/aromatic N) is 3. The third kappa shape index (κ3) is 3.60. The lowest BCUT2D eigenvalue weighted by molar-refractivity contribution is 0.0729. The Morgan fingerprint density at radius 2 is 1.89 bits per heavy atom. The van der Waals surface area contributed by atoms with Crippen LogP contribution in [0.25, 0.3) is 22.4 Å². The summed E-state index contributed by atoms with van der Waals surface area (Å²) in [6, 6.07) is 17.2. The molecule has 0 radical (unpaired) electrons. The maximum absolute atomic E-state index is 13.0. The Balaban J connectivity index is 1.56. The first kappa shape index (κ1) is 17.0. The van der Waals surface area contributed by atoms with Crippen molar-refractivity contribution in [3.63, 3.8) is 0 Å². The van der Waals surface area contributed by atoms with Gasteiger partial charge in [-0.2, -0.15) is 0 Å². The highest BCUT2D eigenvalue weighted by molar-refractivity contribution is 5.98. The van der Waals surface area contributed by atoms with E-state index in [0.717, 1.165) is 17.2 Å². The molecule has 0 fully saturated rings. The number of hydrogen-bond donors (Lipinski definition) is 0. The van der Waals surface area contributed by atoms with Gasteiger partial charge in [-0.25, -0.2) is 0 Å². The van der Waals surface area contributed by atoms with E-state index < -0.39 is 0 Å². The number of carbonyl (C=O) groups is 1. The molecule has 0 atom stereocenters. The summed E-state index contributed by atoms with van der Waals surface area (Å²) in [6.07, 6.45) is 2.38. The molecule has 2 aromatic heterocycles. The monoisotopic (exact) mass is 361 g/mol. The number of benzene rings is 2. The zero-order valence-electron chi connectivity index (χ0n) is 15.0. The van der Waals surface area contributed by atoms with E-state index in [0.29, 0.717) is 29.6 Å². The molecular weight excluding hydrogens is 342 g/mol. The summed E-state index contributed by atoms with van der Waals surface area (Å²) in [5.41, 5.74) is 0.646. The quantitative estimate of drug-likeness (QED) is 0.504. The molecule has 2 aromatic carbocycles. The maximum atomic E-state index is 13.0. The smallest absolute Gasteiger partial charge is 0.283 e. The van der Waals surface area contributed by atoms with Crippen LogP contribution in [0.5, 0.6) is 0 Å². The molecule has 4 rings (SSSR count). The van der Waals surface area contributed by atoms with Crippen molar-refractivity contribution in [2.24, 2.45) is 0 Å². The van der Waals surface area contributed by atoms with Crippen LogP contribution in [0.1, 0.15) is 29.6 Å². The SMILES string of the molecule is CCCN(Cc1nnc(-c2ccco2)o1)C(=O)c1ccc2ccccc2c1. The maximum Gasteiger partial charge on any atom is 0.283 e. The molecule has 4 aromatic rings. The minimum atomic E-state index is -0.0552. The van der Waals surface area contributed by atoms with Gasteiger partial charge in [0.25, 0.3) is 11.8 Å². The van der Waals surface area contributed by atoms with Crippen molar-refractivity contribution in [3.8, 4) is 11.7 Å². The number of carbonyl (C=O) groups excluding carboxylic acids is 1. The number of amides is 1. The van der Waals surface area contributed by atoms with Crippen LogP contribution < -0.4 is 0 Å². The van der Waals surface area contributed by atoms with Gasteiger partial charge in [0.2, 0.25) is 5.89 Å².